The van der Waals surface area contributed by atoms with Crippen LogP contribution in [0.25, 0.3) is 0 Å². The van der Waals surface area contributed by atoms with Gasteiger partial charge in [-0.25, -0.2) is 0 Å². The van der Waals surface area contributed by atoms with Gasteiger partial charge in [-0.1, -0.05) is 30.4 Å². The molecule has 8 nitrogen and oxygen atoms in total. The molecule has 0 atom stereocenters. The molecule has 3 aromatic rings. The van der Waals surface area contributed by atoms with E-state index in [1.807, 2.05) is 44.2 Å². The molecule has 9 heteroatoms. The molecule has 2 heterocycles. The van der Waals surface area contributed by atoms with Crippen molar-refractivity contribution in [2.75, 3.05) is 5.32 Å². The highest BCUT2D eigenvalue weighted by atomic mass is 32.1. The van der Waals surface area contributed by atoms with Gasteiger partial charge < -0.3 is 10.1 Å². The normalized spacial score (nSPS) is 10.7. The number of hydrogen-bond acceptors (Lipinski definition) is 7. The van der Waals surface area contributed by atoms with E-state index in [-0.39, 0.29) is 29.9 Å². The van der Waals surface area contributed by atoms with E-state index >= 15 is 0 Å². The highest BCUT2D eigenvalue weighted by Crippen LogP contribution is 2.15. The summed E-state index contributed by atoms with van der Waals surface area (Å²) in [6, 6.07) is 9.59. The van der Waals surface area contributed by atoms with E-state index in [2.05, 4.69) is 27.5 Å². The molecule has 1 aromatic carbocycles. The molecule has 0 aliphatic rings. The summed E-state index contributed by atoms with van der Waals surface area (Å²) in [5.74, 6) is -0.691. The molecule has 1 N–H and O–H groups in total. The van der Waals surface area contributed by atoms with Crippen LogP contribution in [0.5, 0.6) is 0 Å². The molecule has 1 amide bonds. The zero-order valence-corrected chi connectivity index (χ0v) is 17.5. The maximum Gasteiger partial charge on any atom is 0.308 e. The fourth-order valence-corrected chi connectivity index (χ4v) is 3.37. The number of benzene rings is 1. The first-order valence-electron chi connectivity index (χ1n) is 9.34. The summed E-state index contributed by atoms with van der Waals surface area (Å²) in [4.78, 5) is 24.2. The Morgan fingerprint density at radius 3 is 2.59 bits per heavy atom. The number of esters is 1. The molecule has 0 radical (unpaired) electrons. The first-order valence-corrected chi connectivity index (χ1v) is 10.2. The molecule has 2 aromatic heterocycles. The van der Waals surface area contributed by atoms with Crippen molar-refractivity contribution in [3.8, 4) is 0 Å². The number of hydrogen-bond donors (Lipinski definition) is 1. The highest BCUT2D eigenvalue weighted by molar-refractivity contribution is 7.13. The Morgan fingerprint density at radius 1 is 1.17 bits per heavy atom. The molecule has 152 valence electrons. The van der Waals surface area contributed by atoms with Crippen molar-refractivity contribution < 1.29 is 14.3 Å². The van der Waals surface area contributed by atoms with Crippen molar-refractivity contribution in [3.63, 3.8) is 0 Å². The molecular weight excluding hydrogens is 390 g/mol. The molecule has 0 aliphatic heterocycles. The van der Waals surface area contributed by atoms with Crippen LogP contribution in [0.15, 0.2) is 30.3 Å². The van der Waals surface area contributed by atoms with Crippen LogP contribution in [0.2, 0.25) is 0 Å². The Bertz CT molecular complexity index is 994. The van der Waals surface area contributed by atoms with Gasteiger partial charge in [0.25, 0.3) is 5.91 Å². The van der Waals surface area contributed by atoms with Crippen molar-refractivity contribution >= 4 is 28.9 Å². The third-order valence-corrected chi connectivity index (χ3v) is 5.16. The van der Waals surface area contributed by atoms with E-state index in [0.29, 0.717) is 17.2 Å². The first-order chi connectivity index (χ1) is 13.9. The average Bonchev–Trinajstić information content (AvgIpc) is 3.31. The van der Waals surface area contributed by atoms with Crippen LogP contribution in [0.3, 0.4) is 0 Å². The number of ether oxygens (including phenoxy) is 1. The van der Waals surface area contributed by atoms with Gasteiger partial charge in [0.15, 0.2) is 5.01 Å². The fraction of sp³-hybridized carbons (Fsp3) is 0.350. The van der Waals surface area contributed by atoms with Crippen LogP contribution in [-0.2, 0) is 29.1 Å². The molecule has 0 unspecified atom stereocenters. The number of aryl methyl sites for hydroxylation is 4. The average molecular weight is 414 g/mol. The molecule has 0 saturated heterocycles. The first kappa shape index (κ1) is 20.7. The Kier molecular flexibility index (Phi) is 6.71. The topological polar surface area (TPSA) is 99.0 Å². The van der Waals surface area contributed by atoms with Crippen molar-refractivity contribution in [2.24, 2.45) is 0 Å². The molecule has 0 bridgehead atoms. The SMILES string of the molecule is CCc1ccc(NC(=O)c2nnc(COC(=O)CCn3nc(C)cc3C)s2)cc1. The monoisotopic (exact) mass is 413 g/mol. The molecular formula is C20H23N5O3S. The van der Waals surface area contributed by atoms with Crippen molar-refractivity contribution in [1.29, 1.82) is 0 Å². The summed E-state index contributed by atoms with van der Waals surface area (Å²) in [6.07, 6.45) is 1.15. The lowest BCUT2D eigenvalue weighted by atomic mass is 10.1. The Hall–Kier alpha value is -3.07. The van der Waals surface area contributed by atoms with Gasteiger partial charge in [-0.05, 0) is 44.0 Å². The van der Waals surface area contributed by atoms with Gasteiger partial charge in [-0.15, -0.1) is 10.2 Å². The molecule has 0 fully saturated rings. The van der Waals surface area contributed by atoms with Crippen LogP contribution in [0, 0.1) is 13.8 Å². The number of carbonyl (C=O) groups excluding carboxylic acids is 2. The highest BCUT2D eigenvalue weighted by Gasteiger charge is 2.15. The van der Waals surface area contributed by atoms with Crippen LogP contribution in [0.1, 0.15) is 45.1 Å². The van der Waals surface area contributed by atoms with E-state index in [9.17, 15) is 9.59 Å². The van der Waals surface area contributed by atoms with Gasteiger partial charge in [-0.3, -0.25) is 14.3 Å². The van der Waals surface area contributed by atoms with Gasteiger partial charge >= 0.3 is 5.97 Å². The zero-order chi connectivity index (χ0) is 20.8. The van der Waals surface area contributed by atoms with Crippen molar-refractivity contribution in [2.45, 2.75) is 46.8 Å². The minimum Gasteiger partial charge on any atom is -0.458 e. The number of carbonyl (C=O) groups is 2. The van der Waals surface area contributed by atoms with E-state index in [0.717, 1.165) is 29.1 Å². The Morgan fingerprint density at radius 2 is 1.93 bits per heavy atom. The largest absolute Gasteiger partial charge is 0.458 e. The second-order valence-corrected chi connectivity index (χ2v) is 7.63. The molecule has 0 saturated carbocycles. The standard InChI is InChI=1S/C20H23N5O3S/c1-4-15-5-7-16(8-6-15)21-19(27)20-23-22-17(29-20)12-28-18(26)9-10-25-14(3)11-13(2)24-25/h5-8,11H,4,9-10,12H2,1-3H3,(H,21,27). The van der Waals surface area contributed by atoms with E-state index in [1.54, 1.807) is 4.68 Å². The van der Waals surface area contributed by atoms with Gasteiger partial charge in [0, 0.05) is 11.4 Å². The second-order valence-electron chi connectivity index (χ2n) is 6.57. The van der Waals surface area contributed by atoms with E-state index < -0.39 is 0 Å². The number of amides is 1. The van der Waals surface area contributed by atoms with Gasteiger partial charge in [0.1, 0.15) is 6.61 Å². The lowest BCUT2D eigenvalue weighted by Crippen LogP contribution is -2.11. The van der Waals surface area contributed by atoms with Crippen molar-refractivity contribution in [1.82, 2.24) is 20.0 Å². The molecule has 3 rings (SSSR count). The number of rotatable bonds is 8. The predicted molar refractivity (Wildman–Crippen MR) is 110 cm³/mol. The Labute approximate surface area is 172 Å². The van der Waals surface area contributed by atoms with Crippen LogP contribution in [-0.4, -0.2) is 31.9 Å². The third-order valence-electron chi connectivity index (χ3n) is 4.27. The number of aromatic nitrogens is 4. The van der Waals surface area contributed by atoms with Gasteiger partial charge in [-0.2, -0.15) is 5.10 Å². The number of nitrogens with one attached hydrogen (secondary N) is 1. The second kappa shape index (κ2) is 9.42. The molecule has 29 heavy (non-hydrogen) atoms. The number of nitrogens with zero attached hydrogens (tertiary/aromatic N) is 4. The smallest absolute Gasteiger partial charge is 0.308 e. The lowest BCUT2D eigenvalue weighted by Gasteiger charge is -2.04. The summed E-state index contributed by atoms with van der Waals surface area (Å²) >= 11 is 1.10. The summed E-state index contributed by atoms with van der Waals surface area (Å²) in [5.41, 5.74) is 3.80. The number of anilines is 1. The van der Waals surface area contributed by atoms with E-state index in [4.69, 9.17) is 4.74 Å². The van der Waals surface area contributed by atoms with Crippen LogP contribution >= 0.6 is 11.3 Å². The Balaban J connectivity index is 1.47. The minimum atomic E-state index is -0.352. The quantitative estimate of drug-likeness (QED) is 0.569. The van der Waals surface area contributed by atoms with Crippen LogP contribution < -0.4 is 5.32 Å². The fourth-order valence-electron chi connectivity index (χ4n) is 2.72. The summed E-state index contributed by atoms with van der Waals surface area (Å²) in [6.45, 7) is 6.37. The van der Waals surface area contributed by atoms with Crippen LogP contribution in [0.4, 0.5) is 5.69 Å². The maximum absolute atomic E-state index is 12.3. The summed E-state index contributed by atoms with van der Waals surface area (Å²) < 4.78 is 7.00. The van der Waals surface area contributed by atoms with Gasteiger partial charge in [0.2, 0.25) is 5.01 Å². The van der Waals surface area contributed by atoms with E-state index in [1.165, 1.54) is 5.56 Å². The van der Waals surface area contributed by atoms with Gasteiger partial charge in [0.05, 0.1) is 18.7 Å². The predicted octanol–water partition coefficient (Wildman–Crippen LogP) is 3.30. The molecule has 0 aliphatic carbocycles. The summed E-state index contributed by atoms with van der Waals surface area (Å²) in [7, 11) is 0. The maximum atomic E-state index is 12.3. The third kappa shape index (κ3) is 5.71. The molecule has 0 spiro atoms. The minimum absolute atomic E-state index is 0.00784. The zero-order valence-electron chi connectivity index (χ0n) is 16.6. The summed E-state index contributed by atoms with van der Waals surface area (Å²) in [5, 5.41) is 15.6. The van der Waals surface area contributed by atoms with Crippen molar-refractivity contribution in [3.05, 3.63) is 57.3 Å². The lowest BCUT2D eigenvalue weighted by molar-refractivity contribution is -0.145.